The monoisotopic (exact) mass is 380 g/mol. The number of likely N-dealkylation sites (tertiary alicyclic amines) is 1. The van der Waals surface area contributed by atoms with Gasteiger partial charge in [0.15, 0.2) is 6.54 Å². The van der Waals surface area contributed by atoms with Crippen molar-refractivity contribution in [2.24, 2.45) is 0 Å². The van der Waals surface area contributed by atoms with Crippen molar-refractivity contribution in [3.8, 4) is 0 Å². The van der Waals surface area contributed by atoms with E-state index >= 15 is 0 Å². The predicted octanol–water partition coefficient (Wildman–Crippen LogP) is 2.42. The highest BCUT2D eigenvalue weighted by atomic mass is 32.1. The molecule has 5 heteroatoms. The summed E-state index contributed by atoms with van der Waals surface area (Å²) in [5, 5.41) is 4.32. The summed E-state index contributed by atoms with van der Waals surface area (Å²) in [6.45, 7) is 3.35. The molecule has 0 bridgehead atoms. The minimum absolute atomic E-state index is 0.158. The van der Waals surface area contributed by atoms with Crippen molar-refractivity contribution in [3.05, 3.63) is 65.2 Å². The minimum Gasteiger partial charge on any atom is -0.351 e. The smallest absolute Gasteiger partial charge is 0.275 e. The fourth-order valence-electron chi connectivity index (χ4n) is 3.87. The number of hydrogen-bond acceptors (Lipinski definition) is 3. The molecular weight excluding hydrogens is 354 g/mol. The molecule has 1 aliphatic heterocycles. The van der Waals surface area contributed by atoms with Crippen molar-refractivity contribution < 1.29 is 9.69 Å². The second-order valence-electron chi connectivity index (χ2n) is 7.33. The Morgan fingerprint density at radius 1 is 1.15 bits per heavy atom. The first-order chi connectivity index (χ1) is 13.3. The highest BCUT2D eigenvalue weighted by Gasteiger charge is 2.28. The zero-order valence-corrected chi connectivity index (χ0v) is 16.3. The minimum atomic E-state index is 0.158. The maximum Gasteiger partial charge on any atom is 0.275 e. The van der Waals surface area contributed by atoms with Gasteiger partial charge in [-0.2, -0.15) is 0 Å². The molecule has 4 rings (SSSR count). The van der Waals surface area contributed by atoms with Crippen LogP contribution in [0.4, 0.5) is 0 Å². The molecule has 2 N–H and O–H groups in total. The summed E-state index contributed by atoms with van der Waals surface area (Å²) in [5.41, 5.74) is 2.36. The van der Waals surface area contributed by atoms with E-state index in [-0.39, 0.29) is 5.91 Å². The number of thiazole rings is 1. The normalized spacial score (nSPS) is 19.9. The molecule has 3 aromatic rings. The molecule has 0 aliphatic carbocycles. The first-order valence-corrected chi connectivity index (χ1v) is 10.6. The number of aromatic nitrogens is 1. The average Bonchev–Trinajstić information content (AvgIpc) is 3.13. The molecule has 0 saturated carbocycles. The van der Waals surface area contributed by atoms with Crippen molar-refractivity contribution in [3.63, 3.8) is 0 Å². The Morgan fingerprint density at radius 2 is 1.96 bits per heavy atom. The molecule has 27 heavy (non-hydrogen) atoms. The van der Waals surface area contributed by atoms with Gasteiger partial charge in [-0.15, -0.1) is 11.3 Å². The molecule has 2 heterocycles. The number of piperidine rings is 1. The third-order valence-electron chi connectivity index (χ3n) is 5.27. The van der Waals surface area contributed by atoms with Crippen LogP contribution in [0.5, 0.6) is 0 Å². The molecule has 4 nitrogen and oxygen atoms in total. The number of fused-ring (bicyclic) bond motifs is 1. The molecule has 0 spiro atoms. The van der Waals surface area contributed by atoms with Crippen LogP contribution in [-0.2, 0) is 11.2 Å². The van der Waals surface area contributed by atoms with Gasteiger partial charge in [0, 0.05) is 6.54 Å². The van der Waals surface area contributed by atoms with E-state index in [4.69, 9.17) is 4.98 Å². The molecule has 1 aliphatic rings. The van der Waals surface area contributed by atoms with Gasteiger partial charge in [0.1, 0.15) is 5.01 Å². The zero-order valence-electron chi connectivity index (χ0n) is 15.5. The van der Waals surface area contributed by atoms with Crippen molar-refractivity contribution in [2.45, 2.75) is 25.2 Å². The summed E-state index contributed by atoms with van der Waals surface area (Å²) in [4.78, 5) is 18.6. The second kappa shape index (κ2) is 8.63. The molecule has 1 unspecified atom stereocenters. The quantitative estimate of drug-likeness (QED) is 0.690. The lowest BCUT2D eigenvalue weighted by atomic mass is 9.99. The Labute approximate surface area is 164 Å². The Bertz CT molecular complexity index is 860. The van der Waals surface area contributed by atoms with Gasteiger partial charge >= 0.3 is 0 Å². The summed E-state index contributed by atoms with van der Waals surface area (Å²) < 4.78 is 1.26. The Hall–Kier alpha value is -2.24. The fourth-order valence-corrected chi connectivity index (χ4v) is 4.97. The lowest BCUT2D eigenvalue weighted by Crippen LogP contribution is -3.14. The molecule has 1 saturated heterocycles. The number of hydrogen-bond donors (Lipinski definition) is 2. The summed E-state index contributed by atoms with van der Waals surface area (Å²) in [5.74, 6) is 0.633. The lowest BCUT2D eigenvalue weighted by Gasteiger charge is -2.28. The average molecular weight is 381 g/mol. The maximum absolute atomic E-state index is 12.3. The number of nitrogens with zero attached hydrogens (tertiary/aromatic N) is 1. The van der Waals surface area contributed by atoms with Crippen LogP contribution in [0.3, 0.4) is 0 Å². The van der Waals surface area contributed by atoms with Gasteiger partial charge in [0.25, 0.3) is 5.91 Å². The number of para-hydroxylation sites is 1. The van der Waals surface area contributed by atoms with E-state index in [2.05, 4.69) is 35.6 Å². The molecule has 1 fully saturated rings. The molecular formula is C22H26N3OS+. The van der Waals surface area contributed by atoms with Crippen LogP contribution in [0, 0.1) is 0 Å². The largest absolute Gasteiger partial charge is 0.351 e. The van der Waals surface area contributed by atoms with E-state index in [0.29, 0.717) is 19.0 Å². The van der Waals surface area contributed by atoms with Gasteiger partial charge in [0.05, 0.1) is 29.2 Å². The number of rotatable bonds is 6. The SMILES string of the molecule is O=C(C[NH+]1CCC[C@H](c2nc3ccccc3s2)C1)NCCc1ccccc1. The molecule has 1 aromatic heterocycles. The van der Waals surface area contributed by atoms with E-state index in [1.54, 1.807) is 0 Å². The lowest BCUT2D eigenvalue weighted by molar-refractivity contribution is -0.898. The number of quaternary nitrogens is 1. The van der Waals surface area contributed by atoms with Crippen molar-refractivity contribution >= 4 is 27.5 Å². The highest BCUT2D eigenvalue weighted by molar-refractivity contribution is 7.18. The first kappa shape index (κ1) is 18.1. The van der Waals surface area contributed by atoms with Crippen LogP contribution < -0.4 is 10.2 Å². The van der Waals surface area contributed by atoms with Crippen LogP contribution in [0.25, 0.3) is 10.2 Å². The number of carbonyl (C=O) groups is 1. The maximum atomic E-state index is 12.3. The van der Waals surface area contributed by atoms with E-state index < -0.39 is 0 Å². The van der Waals surface area contributed by atoms with Crippen molar-refractivity contribution in [2.75, 3.05) is 26.2 Å². The second-order valence-corrected chi connectivity index (χ2v) is 8.39. The van der Waals surface area contributed by atoms with Crippen LogP contribution in [-0.4, -0.2) is 37.1 Å². The molecule has 2 aromatic carbocycles. The van der Waals surface area contributed by atoms with E-state index in [1.165, 1.54) is 26.6 Å². The predicted molar refractivity (Wildman–Crippen MR) is 110 cm³/mol. The zero-order chi connectivity index (χ0) is 18.5. The van der Waals surface area contributed by atoms with Gasteiger partial charge in [0.2, 0.25) is 0 Å². The van der Waals surface area contributed by atoms with E-state index in [1.807, 2.05) is 35.6 Å². The third kappa shape index (κ3) is 4.73. The Kier molecular flexibility index (Phi) is 5.80. The van der Waals surface area contributed by atoms with Crippen molar-refractivity contribution in [1.82, 2.24) is 10.3 Å². The fraction of sp³-hybridized carbons (Fsp3) is 0.364. The van der Waals surface area contributed by atoms with Crippen LogP contribution in [0.2, 0.25) is 0 Å². The van der Waals surface area contributed by atoms with Crippen LogP contribution in [0.1, 0.15) is 29.3 Å². The number of carbonyl (C=O) groups excluding carboxylic acids is 1. The van der Waals surface area contributed by atoms with Crippen molar-refractivity contribution in [1.29, 1.82) is 0 Å². The highest BCUT2D eigenvalue weighted by Crippen LogP contribution is 2.30. The standard InChI is InChI=1S/C22H25N3OS/c26-21(23-13-12-17-7-2-1-3-8-17)16-25-14-6-9-18(15-25)22-24-19-10-4-5-11-20(19)27-22/h1-5,7-8,10-11,18H,6,9,12-16H2,(H,23,26)/p+1/t18-/m0/s1. The number of nitrogens with one attached hydrogen (secondary N) is 2. The Morgan fingerprint density at radius 3 is 2.81 bits per heavy atom. The molecule has 0 radical (unpaired) electrons. The summed E-state index contributed by atoms with van der Waals surface area (Å²) >= 11 is 1.81. The summed E-state index contributed by atoms with van der Waals surface area (Å²) in [6, 6.07) is 18.6. The summed E-state index contributed by atoms with van der Waals surface area (Å²) in [6.07, 6.45) is 3.22. The third-order valence-corrected chi connectivity index (χ3v) is 6.47. The van der Waals surface area contributed by atoms with E-state index in [9.17, 15) is 4.79 Å². The number of amides is 1. The van der Waals surface area contributed by atoms with Gasteiger partial charge in [-0.3, -0.25) is 4.79 Å². The topological polar surface area (TPSA) is 46.4 Å². The number of benzene rings is 2. The van der Waals surface area contributed by atoms with Gasteiger partial charge < -0.3 is 10.2 Å². The van der Waals surface area contributed by atoms with Gasteiger partial charge in [-0.1, -0.05) is 42.5 Å². The van der Waals surface area contributed by atoms with Gasteiger partial charge in [-0.05, 0) is 37.0 Å². The van der Waals surface area contributed by atoms with Crippen LogP contribution in [0.15, 0.2) is 54.6 Å². The molecule has 2 atom stereocenters. The summed E-state index contributed by atoms with van der Waals surface area (Å²) in [7, 11) is 0. The first-order valence-electron chi connectivity index (χ1n) is 9.77. The van der Waals surface area contributed by atoms with Gasteiger partial charge in [-0.25, -0.2) is 4.98 Å². The molecule has 140 valence electrons. The molecule has 1 amide bonds. The van der Waals surface area contributed by atoms with E-state index in [0.717, 1.165) is 31.4 Å². The van der Waals surface area contributed by atoms with Crippen LogP contribution >= 0.6 is 11.3 Å². The Balaban J connectivity index is 1.28.